The molecule has 0 radical (unpaired) electrons. The maximum absolute atomic E-state index is 12.8. The van der Waals surface area contributed by atoms with E-state index >= 15 is 0 Å². The zero-order chi connectivity index (χ0) is 14.3. The summed E-state index contributed by atoms with van der Waals surface area (Å²) >= 11 is 0. The van der Waals surface area contributed by atoms with Crippen LogP contribution in [0.2, 0.25) is 0 Å². The monoisotopic (exact) mass is 287 g/mol. The Kier molecular flexibility index (Phi) is 3.30. The van der Waals surface area contributed by atoms with Crippen LogP contribution in [0.15, 0.2) is 45.7 Å². The van der Waals surface area contributed by atoms with Crippen molar-refractivity contribution >= 4 is 15.4 Å². The third kappa shape index (κ3) is 3.26. The zero-order valence-electron chi connectivity index (χ0n) is 10.4. The van der Waals surface area contributed by atoms with E-state index in [-0.39, 0.29) is 5.70 Å². The predicted octanol–water partition coefficient (Wildman–Crippen LogP) is 3.89. The largest absolute Gasteiger partial charge is 0.417 e. The molecule has 1 aromatic rings. The second-order valence-electron chi connectivity index (χ2n) is 4.42. The molecule has 102 valence electrons. The number of nitrogens with zero attached hydrogens (tertiary/aromatic N) is 1. The van der Waals surface area contributed by atoms with Crippen LogP contribution in [0.3, 0.4) is 0 Å². The molecule has 2 nitrogen and oxygen atoms in total. The Morgan fingerprint density at radius 2 is 1.74 bits per heavy atom. The smallest absolute Gasteiger partial charge is 0.245 e. The SMILES string of the molecule is Cc1ccc(C2=CC(C(F)(F)F)=CS(C)(=O)=N2)cc1. The third-order valence-corrected chi connectivity index (χ3v) is 3.84. The summed E-state index contributed by atoms with van der Waals surface area (Å²) in [6.45, 7) is 1.88. The molecule has 0 aromatic heterocycles. The topological polar surface area (TPSA) is 29.4 Å². The van der Waals surface area contributed by atoms with E-state index < -0.39 is 21.5 Å². The number of hydrogen-bond acceptors (Lipinski definition) is 2. The van der Waals surface area contributed by atoms with Gasteiger partial charge >= 0.3 is 6.18 Å². The van der Waals surface area contributed by atoms with Crippen LogP contribution < -0.4 is 0 Å². The van der Waals surface area contributed by atoms with E-state index in [1.807, 2.05) is 6.92 Å². The molecule has 1 aliphatic rings. The second kappa shape index (κ2) is 4.52. The normalized spacial score (nSPS) is 23.4. The molecule has 0 fully saturated rings. The van der Waals surface area contributed by atoms with Gasteiger partial charge in [-0.2, -0.15) is 17.5 Å². The Morgan fingerprint density at radius 1 is 1.16 bits per heavy atom. The van der Waals surface area contributed by atoms with Gasteiger partial charge in [-0.15, -0.1) is 0 Å². The molecule has 0 saturated carbocycles. The molecule has 1 unspecified atom stereocenters. The molecule has 0 spiro atoms. The van der Waals surface area contributed by atoms with Gasteiger partial charge in [0, 0.05) is 17.2 Å². The molecule has 1 heterocycles. The number of aryl methyl sites for hydroxylation is 1. The zero-order valence-corrected chi connectivity index (χ0v) is 11.2. The van der Waals surface area contributed by atoms with Gasteiger partial charge < -0.3 is 0 Å². The second-order valence-corrected chi connectivity index (χ2v) is 6.56. The summed E-state index contributed by atoms with van der Waals surface area (Å²) in [6, 6.07) is 6.88. The Bertz CT molecular complexity index is 675. The summed E-state index contributed by atoms with van der Waals surface area (Å²) in [5, 5.41) is 0.685. The van der Waals surface area contributed by atoms with Crippen molar-refractivity contribution in [2.75, 3.05) is 6.26 Å². The van der Waals surface area contributed by atoms with Crippen LogP contribution >= 0.6 is 0 Å². The van der Waals surface area contributed by atoms with E-state index in [4.69, 9.17) is 0 Å². The van der Waals surface area contributed by atoms with Gasteiger partial charge in [-0.3, -0.25) is 0 Å². The van der Waals surface area contributed by atoms with E-state index in [0.29, 0.717) is 11.0 Å². The van der Waals surface area contributed by atoms with E-state index in [1.54, 1.807) is 24.3 Å². The third-order valence-electron chi connectivity index (χ3n) is 2.59. The van der Waals surface area contributed by atoms with Gasteiger partial charge in [0.25, 0.3) is 0 Å². The minimum absolute atomic E-state index is 0.0994. The number of allylic oxidation sites excluding steroid dienone is 2. The van der Waals surface area contributed by atoms with Crippen LogP contribution in [0.1, 0.15) is 11.1 Å². The molecular formula is C13H12F3NOS. The highest BCUT2D eigenvalue weighted by molar-refractivity contribution is 7.96. The fraction of sp³-hybridized carbons (Fsp3) is 0.231. The molecule has 0 N–H and O–H groups in total. The van der Waals surface area contributed by atoms with Crippen LogP contribution in [-0.2, 0) is 9.73 Å². The van der Waals surface area contributed by atoms with Crippen LogP contribution in [0.4, 0.5) is 13.2 Å². The fourth-order valence-corrected chi connectivity index (χ4v) is 2.95. The van der Waals surface area contributed by atoms with Crippen molar-refractivity contribution in [1.29, 1.82) is 0 Å². The number of hydrogen-bond donors (Lipinski definition) is 0. The summed E-state index contributed by atoms with van der Waals surface area (Å²) in [5.74, 6) is 0. The Morgan fingerprint density at radius 3 is 2.26 bits per heavy atom. The maximum Gasteiger partial charge on any atom is 0.417 e. The molecule has 19 heavy (non-hydrogen) atoms. The molecule has 0 amide bonds. The lowest BCUT2D eigenvalue weighted by atomic mass is 10.1. The van der Waals surface area contributed by atoms with Gasteiger partial charge in [0.2, 0.25) is 0 Å². The van der Waals surface area contributed by atoms with Gasteiger partial charge in [0.05, 0.1) is 21.0 Å². The van der Waals surface area contributed by atoms with Crippen molar-refractivity contribution in [1.82, 2.24) is 0 Å². The lowest BCUT2D eigenvalue weighted by Crippen LogP contribution is -2.14. The lowest BCUT2D eigenvalue weighted by molar-refractivity contribution is -0.0880. The Labute approximate surface area is 109 Å². The summed E-state index contributed by atoms with van der Waals surface area (Å²) in [7, 11) is -3.00. The number of rotatable bonds is 1. The number of alkyl halides is 3. The average Bonchev–Trinajstić information content (AvgIpc) is 2.26. The van der Waals surface area contributed by atoms with Gasteiger partial charge in [-0.25, -0.2) is 4.21 Å². The van der Waals surface area contributed by atoms with Gasteiger partial charge in [0.15, 0.2) is 0 Å². The Hall–Kier alpha value is -1.56. The number of halogens is 3. The quantitative estimate of drug-likeness (QED) is 0.770. The van der Waals surface area contributed by atoms with E-state index in [1.165, 1.54) is 6.26 Å². The summed E-state index contributed by atoms with van der Waals surface area (Å²) in [5.41, 5.74) is 0.701. The molecule has 1 aromatic carbocycles. The standard InChI is InChI=1S/C13H12F3NOS/c1-9-3-5-10(6-4-9)12-7-11(13(14,15)16)8-19(2,18)17-12/h3-8H,1-2H3. The summed E-state index contributed by atoms with van der Waals surface area (Å²) < 4.78 is 54.1. The molecular weight excluding hydrogens is 275 g/mol. The average molecular weight is 287 g/mol. The molecule has 0 bridgehead atoms. The summed E-state index contributed by atoms with van der Waals surface area (Å²) in [4.78, 5) is 0. The van der Waals surface area contributed by atoms with Crippen molar-refractivity contribution in [3.8, 4) is 0 Å². The first-order valence-corrected chi connectivity index (χ1v) is 7.46. The van der Waals surface area contributed by atoms with E-state index in [0.717, 1.165) is 11.6 Å². The first-order valence-electron chi connectivity index (χ1n) is 5.47. The fourth-order valence-electron chi connectivity index (χ4n) is 1.67. The van der Waals surface area contributed by atoms with Crippen LogP contribution in [-0.4, -0.2) is 16.6 Å². The molecule has 1 aliphatic heterocycles. The van der Waals surface area contributed by atoms with Crippen molar-refractivity contribution in [2.24, 2.45) is 4.36 Å². The first-order chi connectivity index (χ1) is 8.67. The van der Waals surface area contributed by atoms with Crippen LogP contribution in [0.5, 0.6) is 0 Å². The molecule has 6 heteroatoms. The predicted molar refractivity (Wildman–Crippen MR) is 69.8 cm³/mol. The van der Waals surface area contributed by atoms with Gasteiger partial charge in [0.1, 0.15) is 0 Å². The highest BCUT2D eigenvalue weighted by atomic mass is 32.2. The number of benzene rings is 1. The lowest BCUT2D eigenvalue weighted by Gasteiger charge is -2.15. The minimum atomic E-state index is -4.52. The van der Waals surface area contributed by atoms with Gasteiger partial charge in [-0.1, -0.05) is 29.8 Å². The van der Waals surface area contributed by atoms with Crippen LogP contribution in [0.25, 0.3) is 5.70 Å². The van der Waals surface area contributed by atoms with E-state index in [9.17, 15) is 17.4 Å². The Balaban J connectivity index is 2.56. The summed E-state index contributed by atoms with van der Waals surface area (Å²) in [6.07, 6.45) is -2.40. The highest BCUT2D eigenvalue weighted by Crippen LogP contribution is 2.34. The highest BCUT2D eigenvalue weighted by Gasteiger charge is 2.34. The van der Waals surface area contributed by atoms with Crippen molar-refractivity contribution in [2.45, 2.75) is 13.1 Å². The van der Waals surface area contributed by atoms with Crippen molar-refractivity contribution in [3.05, 3.63) is 52.4 Å². The first kappa shape index (κ1) is 13.9. The van der Waals surface area contributed by atoms with Crippen molar-refractivity contribution in [3.63, 3.8) is 0 Å². The van der Waals surface area contributed by atoms with Crippen LogP contribution in [0, 0.1) is 6.92 Å². The molecule has 1 atom stereocenters. The molecule has 0 aliphatic carbocycles. The minimum Gasteiger partial charge on any atom is -0.245 e. The van der Waals surface area contributed by atoms with Crippen molar-refractivity contribution < 1.29 is 17.4 Å². The molecule has 2 rings (SSSR count). The van der Waals surface area contributed by atoms with E-state index in [2.05, 4.69) is 4.36 Å². The maximum atomic E-state index is 12.8. The van der Waals surface area contributed by atoms with Gasteiger partial charge in [-0.05, 0) is 13.0 Å². The molecule has 0 saturated heterocycles.